The predicted octanol–water partition coefficient (Wildman–Crippen LogP) is 10.2. The van der Waals surface area contributed by atoms with Crippen molar-refractivity contribution in [3.8, 4) is 21.9 Å². The number of carbonyl (C=O) groups excluding carboxylic acids is 3. The van der Waals surface area contributed by atoms with Gasteiger partial charge in [0.1, 0.15) is 6.23 Å². The number of unbranched alkanes of at least 4 members (excludes halogenated alkanes) is 1. The first-order valence-electron chi connectivity index (χ1n) is 29.7. The van der Waals surface area contributed by atoms with Gasteiger partial charge in [0.2, 0.25) is 17.7 Å². The van der Waals surface area contributed by atoms with Crippen molar-refractivity contribution in [3.05, 3.63) is 123 Å². The topological polar surface area (TPSA) is 163 Å². The Kier molecular flexibility index (Phi) is 20.1. The summed E-state index contributed by atoms with van der Waals surface area (Å²) < 4.78 is 11.9. The highest BCUT2D eigenvalue weighted by Gasteiger charge is 2.45. The number of benzene rings is 4. The normalized spacial score (nSPS) is 22.1. The zero-order valence-corrected chi connectivity index (χ0v) is 51.1. The summed E-state index contributed by atoms with van der Waals surface area (Å²) >= 11 is 7.96. The molecule has 0 radical (unpaired) electrons. The molecule has 4 N–H and O–H groups in total. The highest BCUT2D eigenvalue weighted by Crippen LogP contribution is 2.44. The summed E-state index contributed by atoms with van der Waals surface area (Å²) in [4.78, 5) is 58.1. The van der Waals surface area contributed by atoms with E-state index in [1.165, 1.54) is 25.7 Å². The van der Waals surface area contributed by atoms with Gasteiger partial charge in [-0.3, -0.25) is 24.2 Å². The number of nitrogens with zero attached hydrogens (tertiary/aromatic N) is 6. The number of anilines is 2. The summed E-state index contributed by atoms with van der Waals surface area (Å²) in [7, 11) is 3.81. The lowest BCUT2D eigenvalue weighted by atomic mass is 9.84. The van der Waals surface area contributed by atoms with E-state index in [1.807, 2.05) is 120 Å². The molecule has 4 aromatic carbocycles. The molecule has 1 unspecified atom stereocenters. The van der Waals surface area contributed by atoms with Gasteiger partial charge in [0.15, 0.2) is 11.5 Å². The summed E-state index contributed by atoms with van der Waals surface area (Å²) in [6.07, 6.45) is 5.23. The van der Waals surface area contributed by atoms with Crippen LogP contribution in [0.2, 0.25) is 5.02 Å². The van der Waals surface area contributed by atoms with E-state index in [2.05, 4.69) is 61.6 Å². The monoisotopic (exact) mass is 1160 g/mol. The summed E-state index contributed by atoms with van der Waals surface area (Å²) in [6.45, 7) is 20.1. The van der Waals surface area contributed by atoms with Gasteiger partial charge in [-0.25, -0.2) is 4.98 Å². The number of hydrogen-bond donors (Lipinski definition) is 4. The third kappa shape index (κ3) is 14.7. The van der Waals surface area contributed by atoms with Crippen LogP contribution in [0.4, 0.5) is 11.4 Å². The van der Waals surface area contributed by atoms with Gasteiger partial charge in [0.25, 0.3) is 0 Å². The van der Waals surface area contributed by atoms with Gasteiger partial charge in [0, 0.05) is 75.2 Å². The maximum absolute atomic E-state index is 14.1. The van der Waals surface area contributed by atoms with Gasteiger partial charge in [-0.15, -0.1) is 11.3 Å². The Morgan fingerprint density at radius 2 is 1.60 bits per heavy atom. The van der Waals surface area contributed by atoms with Crippen molar-refractivity contribution in [3.63, 3.8) is 0 Å². The number of methoxy groups -OCH3 is 1. The summed E-state index contributed by atoms with van der Waals surface area (Å²) in [5, 5.41) is 29.6. The highest BCUT2D eigenvalue weighted by atomic mass is 35.5. The Morgan fingerprint density at radius 3 is 2.23 bits per heavy atom. The highest BCUT2D eigenvalue weighted by molar-refractivity contribution is 7.13. The molecule has 442 valence electrons. The Morgan fingerprint density at radius 1 is 0.902 bits per heavy atom. The first-order valence-corrected chi connectivity index (χ1v) is 30.9. The first-order chi connectivity index (χ1) is 39.2. The molecular weight excluding hydrogens is 1070 g/mol. The van der Waals surface area contributed by atoms with Gasteiger partial charge in [0.05, 0.1) is 66.0 Å². The number of piperazine rings is 1. The van der Waals surface area contributed by atoms with Crippen LogP contribution in [0.3, 0.4) is 0 Å². The molecule has 1 saturated carbocycles. The van der Waals surface area contributed by atoms with Crippen molar-refractivity contribution in [2.45, 2.75) is 155 Å². The Hall–Kier alpha value is -5.59. The number of halogens is 1. The van der Waals surface area contributed by atoms with E-state index >= 15 is 0 Å². The van der Waals surface area contributed by atoms with Crippen LogP contribution in [0, 0.1) is 18.3 Å². The van der Waals surface area contributed by atoms with E-state index < -0.39 is 29.8 Å². The van der Waals surface area contributed by atoms with Crippen molar-refractivity contribution in [1.29, 1.82) is 0 Å². The number of rotatable bonds is 21. The molecule has 82 heavy (non-hydrogen) atoms. The van der Waals surface area contributed by atoms with E-state index in [4.69, 9.17) is 21.1 Å². The molecule has 3 fully saturated rings. The zero-order chi connectivity index (χ0) is 58.4. The van der Waals surface area contributed by atoms with Gasteiger partial charge >= 0.3 is 0 Å². The number of ether oxygens (including phenoxy) is 2. The molecule has 5 aromatic rings. The fourth-order valence-electron chi connectivity index (χ4n) is 12.8. The molecule has 3 aliphatic heterocycles. The number of fused-ring (bicyclic) bond motifs is 1. The minimum atomic E-state index is -1.17. The second-order valence-corrected chi connectivity index (χ2v) is 26.0. The van der Waals surface area contributed by atoms with Crippen molar-refractivity contribution in [2.24, 2.45) is 11.3 Å². The SMILES string of the molecule is COc1cc2c(cc1OC(C)C)[C@H](c1ccc(Cl)cc1)N(c1ccc(N(C)CC3CCC(N4CCN(CCCCC(=O)N[C@H](C(O)N5C[C@H](O)C[C@H]5C(=O)N[C@@H](C)c5ccc(-c6scnc6C)cc5)C(C)(C)C)CC4)CC3)cc1)C(=O)C2. The second kappa shape index (κ2) is 27.0. The standard InChI is InChI=1S/C65H87ClN8O7S/c1-41(2)81-57-37-54-48(34-56(57)80-9)35-59(77)74(60(54)46-19-21-49(66)22-20-46)52-27-25-50(26-28-52)70(8)38-44-13-23-51(24-14-44)72-32-30-71(31-33-72)29-11-10-12-58(76)69-62(65(5,6)7)64(79)73-39-53(75)36-55(73)63(78)68-42(3)45-15-17-47(18-16-45)61-43(4)67-40-82-61/h15-22,25-28,34,37,40-42,44,51,53,55,60,62,64,75,79H,10-14,23-24,29-33,35-36,38-39H2,1-9H3,(H,68,78)(H,69,76)/t42-,44?,51?,53+,55-,60-,62+,64?/m0/s1. The van der Waals surface area contributed by atoms with E-state index in [0.29, 0.717) is 34.9 Å². The molecule has 15 nitrogen and oxygen atoms in total. The molecule has 4 aliphatic rings. The number of carbonyl (C=O) groups is 3. The van der Waals surface area contributed by atoms with Crippen LogP contribution < -0.4 is 29.9 Å². The molecule has 1 aliphatic carbocycles. The number of hydrogen-bond acceptors (Lipinski definition) is 13. The van der Waals surface area contributed by atoms with E-state index in [9.17, 15) is 24.6 Å². The molecule has 6 atom stereocenters. The summed E-state index contributed by atoms with van der Waals surface area (Å²) in [6, 6.07) is 26.8. The van der Waals surface area contributed by atoms with E-state index in [1.54, 1.807) is 23.3 Å². The van der Waals surface area contributed by atoms with Crippen LogP contribution in [0.15, 0.2) is 90.4 Å². The number of amides is 3. The molecule has 9 rings (SSSR count). The Labute approximate surface area is 495 Å². The van der Waals surface area contributed by atoms with Crippen molar-refractivity contribution in [2.75, 3.05) is 69.8 Å². The number of likely N-dealkylation sites (tertiary alicyclic amines) is 1. The van der Waals surface area contributed by atoms with Crippen LogP contribution in [0.5, 0.6) is 11.5 Å². The number of nitrogens with one attached hydrogen (secondary N) is 2. The van der Waals surface area contributed by atoms with Crippen LogP contribution in [0.1, 0.15) is 133 Å². The molecule has 3 amide bonds. The fourth-order valence-corrected chi connectivity index (χ4v) is 13.8. The summed E-state index contributed by atoms with van der Waals surface area (Å²) in [5.41, 5.74) is 9.19. The molecular formula is C65H87ClN8O7S. The van der Waals surface area contributed by atoms with Crippen LogP contribution >= 0.6 is 22.9 Å². The second-order valence-electron chi connectivity index (χ2n) is 24.7. The third-order valence-corrected chi connectivity index (χ3v) is 18.6. The van der Waals surface area contributed by atoms with Crippen LogP contribution in [-0.4, -0.2) is 144 Å². The number of aryl methyl sites for hydroxylation is 1. The lowest BCUT2D eigenvalue weighted by Gasteiger charge is -2.42. The van der Waals surface area contributed by atoms with Crippen molar-refractivity contribution < 1.29 is 34.1 Å². The number of aliphatic hydroxyl groups excluding tert-OH is 2. The van der Waals surface area contributed by atoms with Gasteiger partial charge in [-0.1, -0.05) is 68.8 Å². The lowest BCUT2D eigenvalue weighted by molar-refractivity contribution is -0.135. The third-order valence-electron chi connectivity index (χ3n) is 17.4. The molecule has 2 saturated heterocycles. The number of aliphatic hydroxyl groups is 2. The Balaban J connectivity index is 0.699. The molecule has 4 heterocycles. The summed E-state index contributed by atoms with van der Waals surface area (Å²) in [5.74, 6) is 1.51. The predicted molar refractivity (Wildman–Crippen MR) is 328 cm³/mol. The molecule has 0 spiro atoms. The number of thiazole rings is 1. The van der Waals surface area contributed by atoms with Crippen molar-refractivity contribution in [1.82, 2.24) is 30.3 Å². The quantitative estimate of drug-likeness (QED) is 0.0515. The van der Waals surface area contributed by atoms with Gasteiger partial charge in [-0.2, -0.15) is 0 Å². The van der Waals surface area contributed by atoms with Crippen LogP contribution in [-0.2, 0) is 20.8 Å². The number of aromatic nitrogens is 1. The average Bonchev–Trinajstić information content (AvgIpc) is 4.17. The van der Waals surface area contributed by atoms with Gasteiger partial charge in [-0.05, 0) is 167 Å². The minimum Gasteiger partial charge on any atom is -0.493 e. The first kappa shape index (κ1) is 61.0. The van der Waals surface area contributed by atoms with Crippen molar-refractivity contribution >= 4 is 52.0 Å². The molecule has 17 heteroatoms. The fraction of sp³-hybridized carbons (Fsp3) is 0.538. The lowest BCUT2D eigenvalue weighted by Crippen LogP contribution is -2.60. The maximum Gasteiger partial charge on any atom is 0.238 e. The Bertz CT molecular complexity index is 2940. The molecule has 1 aromatic heterocycles. The smallest absolute Gasteiger partial charge is 0.238 e. The zero-order valence-electron chi connectivity index (χ0n) is 49.6. The van der Waals surface area contributed by atoms with Gasteiger partial charge < -0.3 is 45.0 Å². The number of β-amino-alcohol motifs (C(OH)–C–C–N with tert-alkyl or cyclic N) is 1. The van der Waals surface area contributed by atoms with E-state index in [0.717, 1.165) is 102 Å². The molecule has 0 bridgehead atoms. The average molecular weight is 1160 g/mol. The minimum absolute atomic E-state index is 0.0148. The van der Waals surface area contributed by atoms with Crippen LogP contribution in [0.25, 0.3) is 10.4 Å². The van der Waals surface area contributed by atoms with E-state index in [-0.39, 0.29) is 55.3 Å². The maximum atomic E-state index is 14.1. The largest absolute Gasteiger partial charge is 0.493 e.